The third kappa shape index (κ3) is 3.70. The van der Waals surface area contributed by atoms with Crippen molar-refractivity contribution in [2.45, 2.75) is 31.7 Å². The van der Waals surface area contributed by atoms with Crippen LogP contribution in [0.5, 0.6) is 0 Å². The monoisotopic (exact) mass is 365 g/mol. The highest BCUT2D eigenvalue weighted by molar-refractivity contribution is 8.00. The van der Waals surface area contributed by atoms with Crippen molar-refractivity contribution >= 4 is 45.2 Å². The first-order chi connectivity index (χ1) is 11.6. The van der Waals surface area contributed by atoms with Crippen LogP contribution in [0.3, 0.4) is 0 Å². The van der Waals surface area contributed by atoms with Crippen molar-refractivity contribution in [1.29, 1.82) is 0 Å². The third-order valence-electron chi connectivity index (χ3n) is 4.07. The highest BCUT2D eigenvalue weighted by atomic mass is 32.2. The fraction of sp³-hybridized carbons (Fsp3) is 0.500. The molecule has 3 heterocycles. The van der Waals surface area contributed by atoms with Crippen LogP contribution in [0, 0.1) is 13.8 Å². The molecule has 2 aromatic rings. The maximum absolute atomic E-state index is 11.9. The van der Waals surface area contributed by atoms with E-state index in [1.54, 1.807) is 16.2 Å². The largest absolute Gasteiger partial charge is 0.455 e. The Bertz CT molecular complexity index is 769. The molecule has 24 heavy (non-hydrogen) atoms. The Labute approximate surface area is 148 Å². The molecule has 1 fully saturated rings. The van der Waals surface area contributed by atoms with E-state index in [2.05, 4.69) is 9.97 Å². The van der Waals surface area contributed by atoms with Gasteiger partial charge in [0.2, 0.25) is 0 Å². The summed E-state index contributed by atoms with van der Waals surface area (Å²) in [6.45, 7) is 5.44. The molecule has 6 nitrogen and oxygen atoms in total. The summed E-state index contributed by atoms with van der Waals surface area (Å²) >= 11 is 2.95. The van der Waals surface area contributed by atoms with E-state index in [0.29, 0.717) is 0 Å². The number of aromatic nitrogens is 2. The van der Waals surface area contributed by atoms with Crippen LogP contribution in [0.1, 0.15) is 23.3 Å². The van der Waals surface area contributed by atoms with Crippen LogP contribution in [-0.2, 0) is 14.3 Å². The van der Waals surface area contributed by atoms with Crippen LogP contribution in [0.15, 0.2) is 11.4 Å². The Morgan fingerprint density at radius 1 is 1.29 bits per heavy atom. The summed E-state index contributed by atoms with van der Waals surface area (Å²) in [4.78, 5) is 36.2. The number of amides is 1. The number of carbonyl (C=O) groups is 2. The van der Waals surface area contributed by atoms with Crippen LogP contribution < -0.4 is 0 Å². The SMILES string of the molecule is Cc1sc2ncnc(SCC(=O)OCC(=O)N3CCCC3)c2c1C. The second kappa shape index (κ2) is 7.48. The Morgan fingerprint density at radius 3 is 2.79 bits per heavy atom. The number of esters is 1. The van der Waals surface area contributed by atoms with Crippen LogP contribution in [0.4, 0.5) is 0 Å². The van der Waals surface area contributed by atoms with E-state index in [1.807, 2.05) is 13.8 Å². The number of likely N-dealkylation sites (tertiary alicyclic amines) is 1. The lowest BCUT2D eigenvalue weighted by molar-refractivity contribution is -0.149. The molecule has 1 aliphatic heterocycles. The van der Waals surface area contributed by atoms with Gasteiger partial charge in [0.25, 0.3) is 5.91 Å². The number of aryl methyl sites for hydroxylation is 2. The predicted octanol–water partition coefficient (Wildman–Crippen LogP) is 2.57. The topological polar surface area (TPSA) is 72.4 Å². The van der Waals surface area contributed by atoms with Gasteiger partial charge in [0.15, 0.2) is 6.61 Å². The van der Waals surface area contributed by atoms with Gasteiger partial charge in [-0.2, -0.15) is 0 Å². The third-order valence-corrected chi connectivity index (χ3v) is 6.15. The van der Waals surface area contributed by atoms with E-state index in [-0.39, 0.29) is 18.3 Å². The molecule has 128 valence electrons. The summed E-state index contributed by atoms with van der Waals surface area (Å²) in [6, 6.07) is 0. The van der Waals surface area contributed by atoms with Crippen molar-refractivity contribution in [1.82, 2.24) is 14.9 Å². The number of hydrogen-bond donors (Lipinski definition) is 0. The van der Waals surface area contributed by atoms with E-state index in [0.717, 1.165) is 46.7 Å². The average molecular weight is 365 g/mol. The molecule has 0 aromatic carbocycles. The summed E-state index contributed by atoms with van der Waals surface area (Å²) in [6.07, 6.45) is 3.57. The van der Waals surface area contributed by atoms with E-state index < -0.39 is 5.97 Å². The Hall–Kier alpha value is -1.67. The number of fused-ring (bicyclic) bond motifs is 1. The van der Waals surface area contributed by atoms with Crippen molar-refractivity contribution < 1.29 is 14.3 Å². The lowest BCUT2D eigenvalue weighted by Crippen LogP contribution is -2.32. The highest BCUT2D eigenvalue weighted by Gasteiger charge is 2.19. The minimum atomic E-state index is -0.399. The highest BCUT2D eigenvalue weighted by Crippen LogP contribution is 2.34. The Morgan fingerprint density at radius 2 is 2.04 bits per heavy atom. The van der Waals surface area contributed by atoms with E-state index >= 15 is 0 Å². The minimum Gasteiger partial charge on any atom is -0.455 e. The molecule has 0 atom stereocenters. The van der Waals surface area contributed by atoms with E-state index in [4.69, 9.17) is 4.74 Å². The maximum Gasteiger partial charge on any atom is 0.316 e. The lowest BCUT2D eigenvalue weighted by atomic mass is 10.2. The molecule has 0 saturated carbocycles. The molecule has 0 spiro atoms. The Kier molecular flexibility index (Phi) is 5.35. The first kappa shape index (κ1) is 17.2. The number of carbonyl (C=O) groups excluding carboxylic acids is 2. The summed E-state index contributed by atoms with van der Waals surface area (Å²) in [7, 11) is 0. The molecular formula is C16H19N3O3S2. The fourth-order valence-corrected chi connectivity index (χ4v) is 4.54. The minimum absolute atomic E-state index is 0.111. The van der Waals surface area contributed by atoms with Gasteiger partial charge >= 0.3 is 5.97 Å². The number of thioether (sulfide) groups is 1. The molecule has 0 unspecified atom stereocenters. The number of hydrogen-bond acceptors (Lipinski definition) is 7. The summed E-state index contributed by atoms with van der Waals surface area (Å²) < 4.78 is 5.09. The second-order valence-electron chi connectivity index (χ2n) is 5.68. The summed E-state index contributed by atoms with van der Waals surface area (Å²) in [5, 5.41) is 1.79. The van der Waals surface area contributed by atoms with Gasteiger partial charge in [0.1, 0.15) is 16.2 Å². The number of thiophene rings is 1. The number of nitrogens with zero attached hydrogens (tertiary/aromatic N) is 3. The molecule has 0 aliphatic carbocycles. The van der Waals surface area contributed by atoms with Crippen LogP contribution in [0.2, 0.25) is 0 Å². The lowest BCUT2D eigenvalue weighted by Gasteiger charge is -2.14. The molecule has 3 rings (SSSR count). The van der Waals surface area contributed by atoms with Crippen LogP contribution >= 0.6 is 23.1 Å². The van der Waals surface area contributed by atoms with Crippen molar-refractivity contribution in [2.24, 2.45) is 0 Å². The average Bonchev–Trinajstić information content (AvgIpc) is 3.20. The van der Waals surface area contributed by atoms with Crippen LogP contribution in [0.25, 0.3) is 10.2 Å². The van der Waals surface area contributed by atoms with Gasteiger partial charge in [-0.25, -0.2) is 9.97 Å². The Balaban J connectivity index is 1.55. The van der Waals surface area contributed by atoms with Gasteiger partial charge in [-0.15, -0.1) is 11.3 Å². The molecule has 8 heteroatoms. The predicted molar refractivity (Wildman–Crippen MR) is 94.4 cm³/mol. The smallest absolute Gasteiger partial charge is 0.316 e. The zero-order valence-corrected chi connectivity index (χ0v) is 15.3. The van der Waals surface area contributed by atoms with Gasteiger partial charge in [0.05, 0.1) is 5.75 Å². The van der Waals surface area contributed by atoms with Gasteiger partial charge in [0, 0.05) is 23.4 Å². The molecule has 0 radical (unpaired) electrons. The summed E-state index contributed by atoms with van der Waals surface area (Å²) in [5.74, 6) is -0.378. The van der Waals surface area contributed by atoms with Crippen molar-refractivity contribution in [3.05, 3.63) is 16.8 Å². The first-order valence-electron chi connectivity index (χ1n) is 7.83. The van der Waals surface area contributed by atoms with E-state index in [9.17, 15) is 9.59 Å². The van der Waals surface area contributed by atoms with Gasteiger partial charge < -0.3 is 9.64 Å². The molecule has 1 aliphatic rings. The number of rotatable bonds is 5. The fourth-order valence-electron chi connectivity index (χ4n) is 2.63. The second-order valence-corrected chi connectivity index (χ2v) is 7.85. The summed E-state index contributed by atoms with van der Waals surface area (Å²) in [5.41, 5.74) is 1.15. The number of ether oxygens (including phenoxy) is 1. The standard InChI is InChI=1S/C16H19N3O3S2/c1-10-11(2)24-16-14(10)15(17-9-18-16)23-8-13(21)22-7-12(20)19-5-3-4-6-19/h9H,3-8H2,1-2H3. The molecule has 0 N–H and O–H groups in total. The molecule has 1 amide bonds. The molecular weight excluding hydrogens is 346 g/mol. The van der Waals surface area contributed by atoms with E-state index in [1.165, 1.54) is 23.0 Å². The molecule has 1 saturated heterocycles. The normalized spacial score (nSPS) is 14.3. The molecule has 2 aromatic heterocycles. The van der Waals surface area contributed by atoms with Gasteiger partial charge in [-0.3, -0.25) is 9.59 Å². The maximum atomic E-state index is 11.9. The van der Waals surface area contributed by atoms with Crippen molar-refractivity contribution in [3.8, 4) is 0 Å². The zero-order chi connectivity index (χ0) is 17.1. The zero-order valence-electron chi connectivity index (χ0n) is 13.7. The van der Waals surface area contributed by atoms with Gasteiger partial charge in [-0.05, 0) is 32.3 Å². The van der Waals surface area contributed by atoms with Crippen LogP contribution in [-0.4, -0.2) is 52.2 Å². The quantitative estimate of drug-likeness (QED) is 0.461. The van der Waals surface area contributed by atoms with Crippen molar-refractivity contribution in [3.63, 3.8) is 0 Å². The molecule has 0 bridgehead atoms. The van der Waals surface area contributed by atoms with Crippen molar-refractivity contribution in [2.75, 3.05) is 25.4 Å². The van der Waals surface area contributed by atoms with Gasteiger partial charge in [-0.1, -0.05) is 11.8 Å². The first-order valence-corrected chi connectivity index (χ1v) is 9.63.